The first-order valence-corrected chi connectivity index (χ1v) is 15.1. The number of amides is 2. The number of carbonyl (C=O) groups is 4. The van der Waals surface area contributed by atoms with Crippen molar-refractivity contribution in [2.75, 3.05) is 12.5 Å². The standard InChI is InChI=1S/C8H5NO2.C8H9N.C8H4O3.C2H6S.3C2H6.B.H3N.H2O/c10-7-5-3-1-2-4-6(5)8(11)9-7;1-2-4-8-6-9-5-7(8)3-1;9-7-5-3-1-2-4-6(5)8(10)11-7;1-3-2;3*1-2;;;/h1-4H,(H,9,10,11);1-4,9H,5-6H2;1-4H;1-2H3;3*1-2H3;;1H3;1H2. The number of rotatable bonds is 0. The molecule has 3 radical (unpaired) electrons. The first-order chi connectivity index (χ1) is 19.5. The third kappa shape index (κ3) is 14.3. The molecule has 0 spiro atoms. The smallest absolute Gasteiger partial charge is 0.346 e. The molecule has 6 rings (SSSR count). The first-order valence-electron chi connectivity index (χ1n) is 13.4. The van der Waals surface area contributed by atoms with Gasteiger partial charge in [0.2, 0.25) is 0 Å². The van der Waals surface area contributed by atoms with E-state index in [0.717, 1.165) is 13.1 Å². The van der Waals surface area contributed by atoms with Gasteiger partial charge in [0.1, 0.15) is 0 Å². The van der Waals surface area contributed by atoms with Crippen LogP contribution in [0.25, 0.3) is 0 Å². The van der Waals surface area contributed by atoms with E-state index >= 15 is 0 Å². The fourth-order valence-corrected chi connectivity index (χ4v) is 3.38. The zero-order valence-corrected chi connectivity index (χ0v) is 27.4. The highest BCUT2D eigenvalue weighted by atomic mass is 32.2. The number of thioether (sulfide) groups is 1. The summed E-state index contributed by atoms with van der Waals surface area (Å²) < 4.78 is 4.35. The van der Waals surface area contributed by atoms with Gasteiger partial charge in [-0.3, -0.25) is 14.9 Å². The molecule has 3 aliphatic rings. The normalized spacial score (nSPS) is 11.5. The van der Waals surface area contributed by atoms with Crippen molar-refractivity contribution in [3.05, 3.63) is 106 Å². The third-order valence-electron chi connectivity index (χ3n) is 4.94. The molecule has 9 nitrogen and oxygen atoms in total. The van der Waals surface area contributed by atoms with Crippen LogP contribution in [-0.2, 0) is 17.8 Å². The molecule has 7 N–H and O–H groups in total. The minimum absolute atomic E-state index is 0. The van der Waals surface area contributed by atoms with Crippen molar-refractivity contribution >= 4 is 43.9 Å². The average Bonchev–Trinajstić information content (AvgIpc) is 3.69. The summed E-state index contributed by atoms with van der Waals surface area (Å²) in [6.07, 6.45) is 4.08. The molecule has 0 aliphatic carbocycles. The molecular formula is C32H47BN3O6S. The van der Waals surface area contributed by atoms with Crippen LogP contribution in [0, 0.1) is 0 Å². The van der Waals surface area contributed by atoms with Gasteiger partial charge in [0.05, 0.1) is 22.3 Å². The molecule has 0 bridgehead atoms. The second-order valence-electron chi connectivity index (χ2n) is 7.33. The van der Waals surface area contributed by atoms with Crippen LogP contribution in [-0.4, -0.2) is 50.2 Å². The number of fused-ring (bicyclic) bond motifs is 3. The van der Waals surface area contributed by atoms with E-state index < -0.39 is 11.9 Å². The third-order valence-corrected chi connectivity index (χ3v) is 4.94. The zero-order chi connectivity index (χ0) is 30.5. The molecule has 43 heavy (non-hydrogen) atoms. The van der Waals surface area contributed by atoms with Gasteiger partial charge in [-0.05, 0) is 47.9 Å². The lowest BCUT2D eigenvalue weighted by Gasteiger charge is -1.91. The van der Waals surface area contributed by atoms with Gasteiger partial charge < -0.3 is 21.7 Å². The number of esters is 2. The van der Waals surface area contributed by atoms with Crippen molar-refractivity contribution in [1.82, 2.24) is 16.8 Å². The van der Waals surface area contributed by atoms with Gasteiger partial charge in [-0.2, -0.15) is 11.8 Å². The second kappa shape index (κ2) is 27.1. The Morgan fingerprint density at radius 1 is 0.581 bits per heavy atom. The number of carbonyl (C=O) groups excluding carboxylic acids is 4. The monoisotopic (exact) mass is 612 g/mol. The quantitative estimate of drug-likeness (QED) is 0.123. The van der Waals surface area contributed by atoms with Crippen LogP contribution in [0.15, 0.2) is 72.8 Å². The largest absolute Gasteiger partial charge is 0.412 e. The SMILES string of the molecule is CC.CC.CC.CSC.N.O.O=C1NC(=O)c2ccccc21.O=C1OC(=O)c2ccccc21.[B].c1ccc2c(c1)CNC2. The van der Waals surface area contributed by atoms with E-state index in [1.807, 2.05) is 54.1 Å². The van der Waals surface area contributed by atoms with Crippen LogP contribution in [0.2, 0.25) is 0 Å². The molecule has 0 atom stereocenters. The van der Waals surface area contributed by atoms with Crippen molar-refractivity contribution in [2.24, 2.45) is 0 Å². The molecule has 0 saturated heterocycles. The highest BCUT2D eigenvalue weighted by Gasteiger charge is 2.28. The highest BCUT2D eigenvalue weighted by molar-refractivity contribution is 7.97. The lowest BCUT2D eigenvalue weighted by atomic mass is 10.1. The Hall–Kier alpha value is -3.77. The molecule has 0 saturated carbocycles. The van der Waals surface area contributed by atoms with Gasteiger partial charge in [0, 0.05) is 21.5 Å². The summed E-state index contributed by atoms with van der Waals surface area (Å²) in [6.45, 7) is 14.1. The minimum atomic E-state index is -0.550. The first kappa shape index (κ1) is 46.2. The topological polar surface area (TPSA) is 168 Å². The van der Waals surface area contributed by atoms with Gasteiger partial charge in [-0.25, -0.2) is 9.59 Å². The molecular weight excluding hydrogens is 565 g/mol. The summed E-state index contributed by atoms with van der Waals surface area (Å²) in [5, 5.41) is 5.49. The maximum Gasteiger partial charge on any atom is 0.346 e. The van der Waals surface area contributed by atoms with Crippen LogP contribution in [0.1, 0.15) is 94.1 Å². The molecule has 235 valence electrons. The summed E-state index contributed by atoms with van der Waals surface area (Å²) in [5.41, 5.74) is 4.57. The van der Waals surface area contributed by atoms with Crippen LogP contribution in [0.4, 0.5) is 0 Å². The van der Waals surface area contributed by atoms with Crippen molar-refractivity contribution in [3.8, 4) is 0 Å². The maximum absolute atomic E-state index is 10.9. The number of imide groups is 1. The molecule has 11 heteroatoms. The van der Waals surface area contributed by atoms with Gasteiger partial charge in [0.25, 0.3) is 11.8 Å². The Balaban J connectivity index is -0.000000228. The summed E-state index contributed by atoms with van der Waals surface area (Å²) in [6, 6.07) is 21.8. The summed E-state index contributed by atoms with van der Waals surface area (Å²) in [7, 11) is 0. The number of benzene rings is 3. The number of nitrogens with one attached hydrogen (secondary N) is 2. The van der Waals surface area contributed by atoms with Crippen LogP contribution < -0.4 is 16.8 Å². The van der Waals surface area contributed by atoms with E-state index in [1.165, 1.54) is 11.1 Å². The molecule has 3 aromatic rings. The molecule has 3 heterocycles. The molecule has 3 aromatic carbocycles. The van der Waals surface area contributed by atoms with Gasteiger partial charge >= 0.3 is 11.9 Å². The summed E-state index contributed by atoms with van der Waals surface area (Å²) in [4.78, 5) is 43.6. The van der Waals surface area contributed by atoms with E-state index in [9.17, 15) is 19.2 Å². The average molecular weight is 613 g/mol. The lowest BCUT2D eigenvalue weighted by molar-refractivity contribution is 0.0443. The van der Waals surface area contributed by atoms with E-state index in [4.69, 9.17) is 0 Å². The second-order valence-corrected chi connectivity index (χ2v) is 8.15. The zero-order valence-electron chi connectivity index (χ0n) is 26.6. The summed E-state index contributed by atoms with van der Waals surface area (Å²) in [5.74, 6) is -1.70. The Labute approximate surface area is 263 Å². The molecule has 3 aliphatic heterocycles. The summed E-state index contributed by atoms with van der Waals surface area (Å²) >= 11 is 1.75. The molecule has 0 unspecified atom stereocenters. The fourth-order valence-electron chi connectivity index (χ4n) is 3.38. The minimum Gasteiger partial charge on any atom is -0.412 e. The molecule has 2 amide bonds. The lowest BCUT2D eigenvalue weighted by Crippen LogP contribution is -2.19. The Kier molecular flexibility index (Phi) is 29.1. The maximum atomic E-state index is 10.9. The van der Waals surface area contributed by atoms with Crippen molar-refractivity contribution < 1.29 is 29.4 Å². The van der Waals surface area contributed by atoms with Gasteiger partial charge in [0.15, 0.2) is 0 Å². The van der Waals surface area contributed by atoms with Crippen molar-refractivity contribution in [2.45, 2.75) is 54.6 Å². The number of hydrogen-bond acceptors (Lipinski definition) is 8. The Bertz CT molecular complexity index is 1080. The number of ether oxygens (including phenoxy) is 1. The van der Waals surface area contributed by atoms with Gasteiger partial charge in [-0.15, -0.1) is 0 Å². The molecule has 0 aromatic heterocycles. The van der Waals surface area contributed by atoms with Crippen LogP contribution >= 0.6 is 11.8 Å². The van der Waals surface area contributed by atoms with E-state index in [-0.39, 0.29) is 31.9 Å². The number of cyclic esters (lactones) is 2. The Morgan fingerprint density at radius 3 is 1.19 bits per heavy atom. The van der Waals surface area contributed by atoms with E-state index in [0.29, 0.717) is 22.3 Å². The number of hydrogen-bond donors (Lipinski definition) is 3. The van der Waals surface area contributed by atoms with Crippen LogP contribution in [0.5, 0.6) is 0 Å². The van der Waals surface area contributed by atoms with Crippen molar-refractivity contribution in [1.29, 1.82) is 0 Å². The highest BCUT2D eigenvalue weighted by Crippen LogP contribution is 2.18. The predicted molar refractivity (Wildman–Crippen MR) is 179 cm³/mol. The van der Waals surface area contributed by atoms with E-state index in [1.54, 1.807) is 60.3 Å². The fraction of sp³-hybridized carbons (Fsp3) is 0.312. The van der Waals surface area contributed by atoms with Crippen LogP contribution in [0.3, 0.4) is 0 Å². The van der Waals surface area contributed by atoms with Crippen molar-refractivity contribution in [3.63, 3.8) is 0 Å². The van der Waals surface area contributed by atoms with E-state index in [2.05, 4.69) is 39.6 Å². The predicted octanol–water partition coefficient (Wildman–Crippen LogP) is 5.87. The van der Waals surface area contributed by atoms with Gasteiger partial charge in [-0.1, -0.05) is 90.1 Å². The Morgan fingerprint density at radius 2 is 0.860 bits per heavy atom. The molecule has 0 fully saturated rings.